The van der Waals surface area contributed by atoms with E-state index < -0.39 is 33.4 Å². The van der Waals surface area contributed by atoms with Crippen LogP contribution in [-0.4, -0.2) is 15.2 Å². The molecule has 1 rings (SSSR count). The second kappa shape index (κ2) is 6.07. The molecule has 0 bridgehead atoms. The van der Waals surface area contributed by atoms with Gasteiger partial charge in [-0.05, 0) is 30.2 Å². The van der Waals surface area contributed by atoms with E-state index in [4.69, 9.17) is 11.6 Å². The Bertz CT molecular complexity index is 468. The fraction of sp³-hybridized carbons (Fsp3) is 0.300. The molecule has 0 heterocycles. The van der Waals surface area contributed by atoms with Crippen molar-refractivity contribution < 1.29 is 17.8 Å². The molecule has 0 spiro atoms. The number of anilines is 1. The van der Waals surface area contributed by atoms with Crippen molar-refractivity contribution in [1.82, 2.24) is 0 Å². The van der Waals surface area contributed by atoms with Gasteiger partial charge in [-0.2, -0.15) is 0 Å². The molecule has 1 unspecified atom stereocenters. The van der Waals surface area contributed by atoms with Gasteiger partial charge in [-0.1, -0.05) is 6.92 Å². The Balaban J connectivity index is 3.07. The van der Waals surface area contributed by atoms with Crippen LogP contribution < -0.4 is 4.72 Å². The third kappa shape index (κ3) is 3.47. The lowest BCUT2D eigenvalue weighted by atomic mass is 10.2. The fourth-order valence-corrected chi connectivity index (χ4v) is 2.22. The summed E-state index contributed by atoms with van der Waals surface area (Å²) in [6.07, 6.45) is 0.643. The number of hydrogen-bond donors (Lipinski definition) is 1. The Morgan fingerprint density at radius 1 is 1.47 bits per heavy atom. The van der Waals surface area contributed by atoms with E-state index >= 15 is 0 Å². The van der Waals surface area contributed by atoms with Gasteiger partial charge in [-0.3, -0.25) is 4.79 Å². The number of carbonyl (C=O) groups excluding carboxylic acids is 1. The van der Waals surface area contributed by atoms with E-state index in [0.29, 0.717) is 12.2 Å². The quantitative estimate of drug-likeness (QED) is 0.844. The van der Waals surface area contributed by atoms with Crippen molar-refractivity contribution in [1.29, 1.82) is 0 Å². The molecule has 7 heteroatoms. The Morgan fingerprint density at radius 3 is 2.65 bits per heavy atom. The van der Waals surface area contributed by atoms with Gasteiger partial charge in [0.1, 0.15) is 22.4 Å². The highest BCUT2D eigenvalue weighted by atomic mass is 35.5. The smallest absolute Gasteiger partial charge is 0.258 e. The first-order valence-electron chi connectivity index (χ1n) is 4.80. The molecule has 1 atom stereocenters. The maximum atomic E-state index is 13.6. The molecule has 3 nitrogen and oxygen atoms in total. The van der Waals surface area contributed by atoms with Gasteiger partial charge in [0.25, 0.3) is 5.24 Å². The third-order valence-electron chi connectivity index (χ3n) is 1.90. The third-order valence-corrected chi connectivity index (χ3v) is 3.32. The Hall–Kier alpha value is -1.01. The average molecular weight is 282 g/mol. The van der Waals surface area contributed by atoms with Gasteiger partial charge >= 0.3 is 0 Å². The SMILES string of the molecule is CCCS(=O)Nc1ccc(F)c(C(=O)Cl)c1F. The first kappa shape index (κ1) is 14.1. The van der Waals surface area contributed by atoms with Crippen molar-refractivity contribution in [3.8, 4) is 0 Å². The first-order chi connectivity index (χ1) is 7.97. The standard InChI is InChI=1S/C10H10ClF2NO2S/c1-2-5-17(16)14-7-4-3-6(12)8(9(7)13)10(11)15/h3-4,14H,2,5H2,1H3. The number of carbonyl (C=O) groups is 1. The summed E-state index contributed by atoms with van der Waals surface area (Å²) < 4.78 is 40.5. The summed E-state index contributed by atoms with van der Waals surface area (Å²) in [5.74, 6) is -1.86. The Labute approximate surface area is 105 Å². The number of halogens is 3. The maximum absolute atomic E-state index is 13.6. The second-order valence-electron chi connectivity index (χ2n) is 3.21. The highest BCUT2D eigenvalue weighted by Gasteiger charge is 2.19. The normalized spacial score (nSPS) is 12.2. The minimum absolute atomic E-state index is 0.206. The van der Waals surface area contributed by atoms with Gasteiger partial charge in [-0.15, -0.1) is 0 Å². The zero-order valence-corrected chi connectivity index (χ0v) is 10.5. The molecule has 17 heavy (non-hydrogen) atoms. The van der Waals surface area contributed by atoms with Crippen LogP contribution in [0.3, 0.4) is 0 Å². The van der Waals surface area contributed by atoms with Crippen LogP contribution in [-0.2, 0) is 11.0 Å². The molecule has 0 saturated carbocycles. The van der Waals surface area contributed by atoms with Crippen LogP contribution >= 0.6 is 11.6 Å². The van der Waals surface area contributed by atoms with Gasteiger partial charge in [0.15, 0.2) is 5.82 Å². The zero-order valence-electron chi connectivity index (χ0n) is 8.93. The molecular formula is C10H10ClF2NO2S. The highest BCUT2D eigenvalue weighted by molar-refractivity contribution is 7.86. The molecule has 1 aromatic carbocycles. The van der Waals surface area contributed by atoms with Gasteiger partial charge in [0.05, 0.1) is 5.69 Å². The van der Waals surface area contributed by atoms with E-state index in [1.54, 1.807) is 0 Å². The summed E-state index contributed by atoms with van der Waals surface area (Å²) in [6, 6.07) is 1.96. The van der Waals surface area contributed by atoms with Crippen LogP contribution in [0.1, 0.15) is 23.7 Å². The minimum Gasteiger partial charge on any atom is -0.302 e. The van der Waals surface area contributed by atoms with Crippen LogP contribution in [0.5, 0.6) is 0 Å². The van der Waals surface area contributed by atoms with Crippen LogP contribution in [0.2, 0.25) is 0 Å². The van der Waals surface area contributed by atoms with Crippen molar-refractivity contribution in [2.24, 2.45) is 0 Å². The second-order valence-corrected chi connectivity index (χ2v) is 4.86. The van der Waals surface area contributed by atoms with Gasteiger partial charge in [-0.25, -0.2) is 13.0 Å². The van der Waals surface area contributed by atoms with Gasteiger partial charge in [0.2, 0.25) is 0 Å². The van der Waals surface area contributed by atoms with Crippen LogP contribution in [0.25, 0.3) is 0 Å². The minimum atomic E-state index is -1.48. The van der Waals surface area contributed by atoms with E-state index in [-0.39, 0.29) is 5.69 Å². The highest BCUT2D eigenvalue weighted by Crippen LogP contribution is 2.23. The molecule has 0 radical (unpaired) electrons. The predicted molar refractivity (Wildman–Crippen MR) is 63.5 cm³/mol. The molecule has 1 aromatic rings. The van der Waals surface area contributed by atoms with Gasteiger partial charge < -0.3 is 4.72 Å². The summed E-state index contributed by atoms with van der Waals surface area (Å²) in [7, 11) is -1.48. The molecule has 0 aliphatic carbocycles. The van der Waals surface area contributed by atoms with E-state index in [2.05, 4.69) is 4.72 Å². The number of benzene rings is 1. The van der Waals surface area contributed by atoms with Crippen molar-refractivity contribution in [2.45, 2.75) is 13.3 Å². The van der Waals surface area contributed by atoms with Crippen LogP contribution in [0.15, 0.2) is 12.1 Å². The molecule has 0 aliphatic heterocycles. The molecule has 0 amide bonds. The van der Waals surface area contributed by atoms with Crippen molar-refractivity contribution in [2.75, 3.05) is 10.5 Å². The zero-order chi connectivity index (χ0) is 13.0. The largest absolute Gasteiger partial charge is 0.302 e. The van der Waals surface area contributed by atoms with Crippen LogP contribution in [0, 0.1) is 11.6 Å². The molecule has 0 aliphatic rings. The molecule has 94 valence electrons. The van der Waals surface area contributed by atoms with E-state index in [1.165, 1.54) is 0 Å². The summed E-state index contributed by atoms with van der Waals surface area (Å²) in [4.78, 5) is 10.8. The predicted octanol–water partition coefficient (Wildman–Crippen LogP) is 2.83. The lowest BCUT2D eigenvalue weighted by Crippen LogP contribution is -2.11. The number of rotatable bonds is 5. The summed E-state index contributed by atoms with van der Waals surface area (Å²) in [5, 5.41) is -1.23. The van der Waals surface area contributed by atoms with E-state index in [1.807, 2.05) is 6.92 Å². The number of hydrogen-bond acceptors (Lipinski definition) is 2. The monoisotopic (exact) mass is 281 g/mol. The Morgan fingerprint density at radius 2 is 2.12 bits per heavy atom. The summed E-state index contributed by atoms with van der Waals surface area (Å²) >= 11 is 5.06. The fourth-order valence-electron chi connectivity index (χ4n) is 1.17. The van der Waals surface area contributed by atoms with Gasteiger partial charge in [0, 0.05) is 5.75 Å². The molecule has 1 N–H and O–H groups in total. The van der Waals surface area contributed by atoms with Crippen molar-refractivity contribution in [3.63, 3.8) is 0 Å². The average Bonchev–Trinajstić information content (AvgIpc) is 2.22. The van der Waals surface area contributed by atoms with E-state index in [0.717, 1.165) is 12.1 Å². The molecular weight excluding hydrogens is 272 g/mol. The molecule has 0 fully saturated rings. The van der Waals surface area contributed by atoms with Crippen LogP contribution in [0.4, 0.5) is 14.5 Å². The van der Waals surface area contributed by atoms with E-state index in [9.17, 15) is 17.8 Å². The number of nitrogens with one attached hydrogen (secondary N) is 1. The topological polar surface area (TPSA) is 46.2 Å². The maximum Gasteiger partial charge on any atom is 0.258 e. The summed E-state index contributed by atoms with van der Waals surface area (Å²) in [6.45, 7) is 1.81. The van der Waals surface area contributed by atoms with Crippen molar-refractivity contribution in [3.05, 3.63) is 29.3 Å². The first-order valence-corrected chi connectivity index (χ1v) is 6.50. The Kier molecular flexibility index (Phi) is 5.02. The summed E-state index contributed by atoms with van der Waals surface area (Å²) in [5.41, 5.74) is -1.05. The van der Waals surface area contributed by atoms with Crippen molar-refractivity contribution >= 4 is 33.5 Å². The lowest BCUT2D eigenvalue weighted by molar-refractivity contribution is 0.107. The molecule has 0 saturated heterocycles. The molecule has 0 aromatic heterocycles. The lowest BCUT2D eigenvalue weighted by Gasteiger charge is -2.08.